The number of benzene rings is 2. The molecule has 31 heavy (non-hydrogen) atoms. The summed E-state index contributed by atoms with van der Waals surface area (Å²) in [6.07, 6.45) is 3.73. The van der Waals surface area contributed by atoms with Crippen LogP contribution in [0.2, 0.25) is 0 Å². The number of carbonyl (C=O) groups is 2. The van der Waals surface area contributed by atoms with E-state index in [0.29, 0.717) is 6.42 Å². The van der Waals surface area contributed by atoms with Crippen LogP contribution in [0.25, 0.3) is 11.0 Å². The van der Waals surface area contributed by atoms with Gasteiger partial charge in [0.05, 0.1) is 5.52 Å². The number of carbonyl (C=O) groups excluding carboxylic acids is 2. The lowest BCUT2D eigenvalue weighted by Crippen LogP contribution is -2.45. The van der Waals surface area contributed by atoms with E-state index in [4.69, 9.17) is 0 Å². The van der Waals surface area contributed by atoms with Crippen LogP contribution in [0.15, 0.2) is 48.5 Å². The van der Waals surface area contributed by atoms with Gasteiger partial charge in [0, 0.05) is 24.5 Å². The van der Waals surface area contributed by atoms with Crippen LogP contribution in [0.1, 0.15) is 32.6 Å². The molecule has 162 valence electrons. The van der Waals surface area contributed by atoms with Crippen LogP contribution in [-0.2, 0) is 16.1 Å². The number of fused-ring (bicyclic) bond motifs is 1. The molecule has 1 aromatic heterocycles. The number of nitrogens with zero attached hydrogens (tertiary/aromatic N) is 4. The number of rotatable bonds is 8. The van der Waals surface area contributed by atoms with Crippen molar-refractivity contribution < 1.29 is 9.59 Å². The van der Waals surface area contributed by atoms with Crippen LogP contribution >= 0.6 is 0 Å². The summed E-state index contributed by atoms with van der Waals surface area (Å²) in [4.78, 5) is 27.9. The number of amides is 2. The van der Waals surface area contributed by atoms with E-state index >= 15 is 0 Å². The number of aromatic nitrogens is 3. The van der Waals surface area contributed by atoms with Crippen molar-refractivity contribution >= 4 is 34.2 Å². The molecule has 1 fully saturated rings. The molecular formula is C23H28N6O2. The average Bonchev–Trinajstić information content (AvgIpc) is 3.44. The maximum atomic E-state index is 12.9. The first kappa shape index (κ1) is 20.8. The van der Waals surface area contributed by atoms with Crippen LogP contribution in [-0.4, -0.2) is 45.9 Å². The van der Waals surface area contributed by atoms with Gasteiger partial charge in [0.15, 0.2) is 0 Å². The molecule has 1 saturated heterocycles. The molecule has 0 bridgehead atoms. The minimum absolute atomic E-state index is 0.0124. The number of hydrogen-bond acceptors (Lipinski definition) is 5. The predicted molar refractivity (Wildman–Crippen MR) is 121 cm³/mol. The highest BCUT2D eigenvalue weighted by Crippen LogP contribution is 2.23. The van der Waals surface area contributed by atoms with Crippen molar-refractivity contribution in [1.82, 2.24) is 20.3 Å². The normalized spacial score (nSPS) is 14.5. The van der Waals surface area contributed by atoms with Gasteiger partial charge in [0.1, 0.15) is 18.1 Å². The predicted octanol–water partition coefficient (Wildman–Crippen LogP) is 2.96. The summed E-state index contributed by atoms with van der Waals surface area (Å²) in [5.41, 5.74) is 3.38. The number of hydrogen-bond donors (Lipinski definition) is 2. The van der Waals surface area contributed by atoms with Crippen LogP contribution in [0.3, 0.4) is 0 Å². The first-order chi connectivity index (χ1) is 15.1. The molecule has 1 aliphatic rings. The van der Waals surface area contributed by atoms with Gasteiger partial charge in [-0.15, -0.1) is 5.10 Å². The van der Waals surface area contributed by atoms with Crippen molar-refractivity contribution in [1.29, 1.82) is 0 Å². The van der Waals surface area contributed by atoms with Gasteiger partial charge >= 0.3 is 0 Å². The molecule has 2 amide bonds. The fourth-order valence-electron chi connectivity index (χ4n) is 3.95. The van der Waals surface area contributed by atoms with Crippen LogP contribution in [0, 0.1) is 0 Å². The maximum absolute atomic E-state index is 12.9. The quantitative estimate of drug-likeness (QED) is 0.585. The molecule has 8 nitrogen and oxygen atoms in total. The lowest BCUT2D eigenvalue weighted by atomic mass is 10.1. The summed E-state index contributed by atoms with van der Waals surface area (Å²) in [6.45, 7) is 4.09. The molecule has 1 unspecified atom stereocenters. The van der Waals surface area contributed by atoms with Gasteiger partial charge in [-0.1, -0.05) is 36.8 Å². The second-order valence-electron chi connectivity index (χ2n) is 7.88. The molecular weight excluding hydrogens is 392 g/mol. The largest absolute Gasteiger partial charge is 0.371 e. The van der Waals surface area contributed by atoms with Gasteiger partial charge in [-0.05, 0) is 49.6 Å². The fraction of sp³-hybridized carbons (Fsp3) is 0.391. The molecule has 1 atom stereocenters. The van der Waals surface area contributed by atoms with Gasteiger partial charge in [0.2, 0.25) is 11.8 Å². The lowest BCUT2D eigenvalue weighted by Gasteiger charge is -2.20. The topological polar surface area (TPSA) is 92.1 Å². The highest BCUT2D eigenvalue weighted by molar-refractivity contribution is 5.97. The molecule has 2 heterocycles. The van der Waals surface area contributed by atoms with Crippen molar-refractivity contribution in [2.45, 2.75) is 45.2 Å². The fourth-order valence-corrected chi connectivity index (χ4v) is 3.95. The SMILES string of the molecule is CCCC(NC(=O)Cn1nnc2ccccc21)C(=O)Nc1cccc(N2CCCC2)c1. The Morgan fingerprint density at radius 3 is 2.71 bits per heavy atom. The van der Waals surface area contributed by atoms with Crippen LogP contribution < -0.4 is 15.5 Å². The molecule has 8 heteroatoms. The van der Waals surface area contributed by atoms with Crippen LogP contribution in [0.5, 0.6) is 0 Å². The van der Waals surface area contributed by atoms with E-state index in [9.17, 15) is 9.59 Å². The third kappa shape index (κ3) is 5.02. The average molecular weight is 421 g/mol. The monoisotopic (exact) mass is 420 g/mol. The molecule has 4 rings (SSSR count). The van der Waals surface area contributed by atoms with Crippen molar-refractivity contribution in [2.75, 3.05) is 23.3 Å². The number of para-hydroxylation sites is 1. The van der Waals surface area contributed by atoms with E-state index in [-0.39, 0.29) is 18.4 Å². The third-order valence-electron chi connectivity index (χ3n) is 5.53. The molecule has 2 aromatic carbocycles. The van der Waals surface area contributed by atoms with E-state index in [0.717, 1.165) is 41.9 Å². The first-order valence-electron chi connectivity index (χ1n) is 10.9. The Bertz CT molecular complexity index is 1060. The Labute approximate surface area is 181 Å². The smallest absolute Gasteiger partial charge is 0.246 e. The van der Waals surface area contributed by atoms with Crippen molar-refractivity contribution in [2.24, 2.45) is 0 Å². The zero-order valence-electron chi connectivity index (χ0n) is 17.8. The summed E-state index contributed by atoms with van der Waals surface area (Å²) in [7, 11) is 0. The van der Waals surface area contributed by atoms with Gasteiger partial charge in [-0.25, -0.2) is 4.68 Å². The Kier molecular flexibility index (Phi) is 6.45. The maximum Gasteiger partial charge on any atom is 0.246 e. The minimum Gasteiger partial charge on any atom is -0.371 e. The molecule has 3 aromatic rings. The Hall–Kier alpha value is -3.42. The standard InChI is InChI=1S/C23H28N6O2/c1-2-8-20(25-22(30)16-29-21-12-4-3-11-19(21)26-27-29)23(31)24-17-9-7-10-18(15-17)28-13-5-6-14-28/h3-4,7,9-12,15,20H,2,5-6,8,13-14,16H2,1H3,(H,24,31)(H,25,30). The van der Waals surface area contributed by atoms with E-state index in [2.05, 4.69) is 31.9 Å². The highest BCUT2D eigenvalue weighted by Gasteiger charge is 2.21. The molecule has 2 N–H and O–H groups in total. The summed E-state index contributed by atoms with van der Waals surface area (Å²) in [6, 6.07) is 14.8. The minimum atomic E-state index is -0.609. The van der Waals surface area contributed by atoms with Gasteiger partial charge in [0.25, 0.3) is 0 Å². The zero-order valence-corrected chi connectivity index (χ0v) is 17.8. The molecule has 0 aliphatic carbocycles. The Morgan fingerprint density at radius 1 is 1.10 bits per heavy atom. The van der Waals surface area contributed by atoms with Gasteiger partial charge in [-0.3, -0.25) is 9.59 Å². The van der Waals surface area contributed by atoms with Crippen molar-refractivity contribution in [3.63, 3.8) is 0 Å². The summed E-state index contributed by atoms with van der Waals surface area (Å²) in [5.74, 6) is -0.479. The van der Waals surface area contributed by atoms with E-state index in [1.54, 1.807) is 4.68 Å². The molecule has 0 saturated carbocycles. The van der Waals surface area contributed by atoms with E-state index in [1.807, 2.05) is 49.4 Å². The number of anilines is 2. The molecule has 1 aliphatic heterocycles. The van der Waals surface area contributed by atoms with Crippen molar-refractivity contribution in [3.8, 4) is 0 Å². The van der Waals surface area contributed by atoms with Crippen LogP contribution in [0.4, 0.5) is 11.4 Å². The summed E-state index contributed by atoms with van der Waals surface area (Å²) in [5, 5.41) is 13.9. The third-order valence-corrected chi connectivity index (χ3v) is 5.53. The summed E-state index contributed by atoms with van der Waals surface area (Å²) < 4.78 is 1.55. The lowest BCUT2D eigenvalue weighted by molar-refractivity contribution is -0.127. The number of nitrogens with one attached hydrogen (secondary N) is 2. The Balaban J connectivity index is 1.40. The van der Waals surface area contributed by atoms with E-state index in [1.165, 1.54) is 12.8 Å². The second-order valence-corrected chi connectivity index (χ2v) is 7.88. The highest BCUT2D eigenvalue weighted by atomic mass is 16.2. The van der Waals surface area contributed by atoms with Gasteiger partial charge in [-0.2, -0.15) is 0 Å². The van der Waals surface area contributed by atoms with E-state index < -0.39 is 6.04 Å². The second kappa shape index (κ2) is 9.59. The van der Waals surface area contributed by atoms with Crippen molar-refractivity contribution in [3.05, 3.63) is 48.5 Å². The first-order valence-corrected chi connectivity index (χ1v) is 10.9. The zero-order chi connectivity index (χ0) is 21.6. The molecule has 0 radical (unpaired) electrons. The molecule has 0 spiro atoms. The van der Waals surface area contributed by atoms with Gasteiger partial charge < -0.3 is 15.5 Å². The Morgan fingerprint density at radius 2 is 1.90 bits per heavy atom. The summed E-state index contributed by atoms with van der Waals surface area (Å²) >= 11 is 0.